The summed E-state index contributed by atoms with van der Waals surface area (Å²) in [6, 6.07) is 7.97. The highest BCUT2D eigenvalue weighted by molar-refractivity contribution is 6.07. The number of hydrogen-bond donors (Lipinski definition) is 0. The third-order valence-corrected chi connectivity index (χ3v) is 3.76. The van der Waals surface area contributed by atoms with Crippen molar-refractivity contribution in [3.63, 3.8) is 0 Å². The van der Waals surface area contributed by atoms with Crippen molar-refractivity contribution < 1.29 is 9.59 Å². The number of amides is 2. The van der Waals surface area contributed by atoms with Crippen LogP contribution >= 0.6 is 0 Å². The number of imide groups is 1. The topological polar surface area (TPSA) is 37.4 Å². The summed E-state index contributed by atoms with van der Waals surface area (Å²) in [7, 11) is 1.59. The number of rotatable bonds is 0. The van der Waals surface area contributed by atoms with Crippen molar-refractivity contribution in [2.45, 2.75) is 18.8 Å². The minimum atomic E-state index is -0.220. The molecule has 0 bridgehead atoms. The monoisotopic (exact) mass is 215 g/mol. The lowest BCUT2D eigenvalue weighted by Crippen LogP contribution is -2.25. The Bertz CT molecular complexity index is 481. The molecule has 16 heavy (non-hydrogen) atoms. The second-order valence-corrected chi connectivity index (χ2v) is 4.56. The van der Waals surface area contributed by atoms with Crippen molar-refractivity contribution in [2.24, 2.45) is 5.92 Å². The van der Waals surface area contributed by atoms with Crippen LogP contribution < -0.4 is 0 Å². The minimum Gasteiger partial charge on any atom is -0.285 e. The molecule has 82 valence electrons. The summed E-state index contributed by atoms with van der Waals surface area (Å²) in [5.41, 5.74) is 2.28. The normalized spacial score (nSPS) is 27.9. The molecule has 1 aromatic rings. The Kier molecular flexibility index (Phi) is 1.90. The zero-order chi connectivity index (χ0) is 11.3. The summed E-state index contributed by atoms with van der Waals surface area (Å²) in [5, 5.41) is 0. The predicted molar refractivity (Wildman–Crippen MR) is 58.8 cm³/mol. The van der Waals surface area contributed by atoms with E-state index < -0.39 is 0 Å². The van der Waals surface area contributed by atoms with Gasteiger partial charge in [0, 0.05) is 7.05 Å². The van der Waals surface area contributed by atoms with Gasteiger partial charge < -0.3 is 0 Å². The van der Waals surface area contributed by atoms with Gasteiger partial charge in [0.25, 0.3) is 0 Å². The molecule has 1 saturated heterocycles. The zero-order valence-corrected chi connectivity index (χ0v) is 9.14. The molecule has 1 aromatic carbocycles. The molecular weight excluding hydrogens is 202 g/mol. The van der Waals surface area contributed by atoms with Gasteiger partial charge in [-0.3, -0.25) is 14.5 Å². The smallest absolute Gasteiger partial charge is 0.237 e. The van der Waals surface area contributed by atoms with E-state index in [-0.39, 0.29) is 23.7 Å². The SMILES string of the molecule is CN1C(=O)[C@@H]2CCc3ccccc3[C@@H]2C1=O. The highest BCUT2D eigenvalue weighted by Gasteiger charge is 2.48. The van der Waals surface area contributed by atoms with Gasteiger partial charge in [0.15, 0.2) is 0 Å². The molecule has 2 aliphatic rings. The first-order valence-corrected chi connectivity index (χ1v) is 5.59. The molecule has 1 aliphatic heterocycles. The number of nitrogens with zero attached hydrogens (tertiary/aromatic N) is 1. The van der Waals surface area contributed by atoms with Crippen LogP contribution in [-0.2, 0) is 16.0 Å². The molecule has 0 radical (unpaired) electrons. The van der Waals surface area contributed by atoms with Crippen LogP contribution in [0.2, 0.25) is 0 Å². The summed E-state index contributed by atoms with van der Waals surface area (Å²) >= 11 is 0. The molecule has 1 fully saturated rings. The largest absolute Gasteiger partial charge is 0.285 e. The summed E-state index contributed by atoms with van der Waals surface area (Å²) < 4.78 is 0. The van der Waals surface area contributed by atoms with Crippen LogP contribution in [0.3, 0.4) is 0 Å². The van der Waals surface area contributed by atoms with Crippen molar-refractivity contribution in [1.82, 2.24) is 4.90 Å². The van der Waals surface area contributed by atoms with Gasteiger partial charge in [0.1, 0.15) is 0 Å². The maximum atomic E-state index is 12.0. The van der Waals surface area contributed by atoms with Crippen LogP contribution in [0.4, 0.5) is 0 Å². The van der Waals surface area contributed by atoms with Gasteiger partial charge in [-0.2, -0.15) is 0 Å². The summed E-state index contributed by atoms with van der Waals surface area (Å²) in [5.74, 6) is -0.387. The Labute approximate surface area is 94.1 Å². The Hall–Kier alpha value is -1.64. The van der Waals surface area contributed by atoms with E-state index in [0.717, 1.165) is 18.4 Å². The summed E-state index contributed by atoms with van der Waals surface area (Å²) in [6.07, 6.45) is 1.71. The Balaban J connectivity index is 2.13. The molecule has 0 N–H and O–H groups in total. The van der Waals surface area contributed by atoms with E-state index in [4.69, 9.17) is 0 Å². The second kappa shape index (κ2) is 3.17. The van der Waals surface area contributed by atoms with E-state index in [0.29, 0.717) is 0 Å². The van der Waals surface area contributed by atoms with Gasteiger partial charge in [0.2, 0.25) is 11.8 Å². The van der Waals surface area contributed by atoms with Crippen molar-refractivity contribution in [1.29, 1.82) is 0 Å². The van der Waals surface area contributed by atoms with E-state index in [1.807, 2.05) is 18.2 Å². The lowest BCUT2D eigenvalue weighted by molar-refractivity contribution is -0.137. The molecule has 0 unspecified atom stereocenters. The quantitative estimate of drug-likeness (QED) is 0.612. The average molecular weight is 215 g/mol. The van der Waals surface area contributed by atoms with Crippen molar-refractivity contribution in [3.05, 3.63) is 35.4 Å². The predicted octanol–water partition coefficient (Wildman–Crippen LogP) is 1.33. The standard InChI is InChI=1S/C13H13NO2/c1-14-12(15)10-7-6-8-4-2-3-5-9(8)11(10)13(14)16/h2-5,10-11H,6-7H2,1H3/t10-,11+/m1/s1. The first-order chi connectivity index (χ1) is 7.70. The molecular formula is C13H13NO2. The fraction of sp³-hybridized carbons (Fsp3) is 0.385. The minimum absolute atomic E-state index is 0.00972. The molecule has 0 spiro atoms. The lowest BCUT2D eigenvalue weighted by Gasteiger charge is -2.24. The molecule has 3 nitrogen and oxygen atoms in total. The highest BCUT2D eigenvalue weighted by atomic mass is 16.2. The van der Waals surface area contributed by atoms with Crippen molar-refractivity contribution in [3.8, 4) is 0 Å². The number of likely N-dealkylation sites (tertiary alicyclic amines) is 1. The maximum Gasteiger partial charge on any atom is 0.237 e. The number of benzene rings is 1. The number of carbonyl (C=O) groups is 2. The van der Waals surface area contributed by atoms with Crippen molar-refractivity contribution in [2.75, 3.05) is 7.05 Å². The van der Waals surface area contributed by atoms with Crippen LogP contribution in [0.25, 0.3) is 0 Å². The number of hydrogen-bond acceptors (Lipinski definition) is 2. The van der Waals surface area contributed by atoms with Gasteiger partial charge in [0.05, 0.1) is 11.8 Å². The zero-order valence-electron chi connectivity index (χ0n) is 9.14. The third kappa shape index (κ3) is 1.08. The molecule has 3 heteroatoms. The van der Waals surface area contributed by atoms with Gasteiger partial charge in [-0.05, 0) is 24.0 Å². The summed E-state index contributed by atoms with van der Waals surface area (Å²) in [6.45, 7) is 0. The first-order valence-electron chi connectivity index (χ1n) is 5.59. The average Bonchev–Trinajstić information content (AvgIpc) is 2.55. The second-order valence-electron chi connectivity index (χ2n) is 4.56. The highest BCUT2D eigenvalue weighted by Crippen LogP contribution is 2.42. The van der Waals surface area contributed by atoms with Gasteiger partial charge in [-0.25, -0.2) is 0 Å². The molecule has 1 heterocycles. The van der Waals surface area contributed by atoms with Gasteiger partial charge in [-0.1, -0.05) is 24.3 Å². The molecule has 2 atom stereocenters. The molecule has 2 amide bonds. The van der Waals surface area contributed by atoms with E-state index in [1.54, 1.807) is 7.05 Å². The van der Waals surface area contributed by atoms with E-state index in [9.17, 15) is 9.59 Å². The van der Waals surface area contributed by atoms with E-state index >= 15 is 0 Å². The third-order valence-electron chi connectivity index (χ3n) is 3.76. The summed E-state index contributed by atoms with van der Waals surface area (Å²) in [4.78, 5) is 25.2. The molecule has 0 aromatic heterocycles. The first kappa shape index (κ1) is 9.58. The molecule has 0 saturated carbocycles. The van der Waals surface area contributed by atoms with Crippen LogP contribution in [0.1, 0.15) is 23.5 Å². The number of carbonyl (C=O) groups excluding carboxylic acids is 2. The maximum absolute atomic E-state index is 12.0. The Morgan fingerprint density at radius 1 is 1.19 bits per heavy atom. The Morgan fingerprint density at radius 2 is 1.94 bits per heavy atom. The van der Waals surface area contributed by atoms with Crippen LogP contribution in [0.15, 0.2) is 24.3 Å². The fourth-order valence-corrected chi connectivity index (χ4v) is 2.90. The number of aryl methyl sites for hydroxylation is 1. The van der Waals surface area contributed by atoms with Crippen LogP contribution in [0.5, 0.6) is 0 Å². The number of likely N-dealkylation sites (N-methyl/N-ethyl adjacent to an activating group) is 1. The van der Waals surface area contributed by atoms with E-state index in [2.05, 4.69) is 6.07 Å². The van der Waals surface area contributed by atoms with Crippen LogP contribution in [0, 0.1) is 5.92 Å². The fourth-order valence-electron chi connectivity index (χ4n) is 2.90. The van der Waals surface area contributed by atoms with Gasteiger partial charge >= 0.3 is 0 Å². The lowest BCUT2D eigenvalue weighted by atomic mass is 9.76. The Morgan fingerprint density at radius 3 is 2.75 bits per heavy atom. The molecule has 1 aliphatic carbocycles. The van der Waals surface area contributed by atoms with Crippen LogP contribution in [-0.4, -0.2) is 23.8 Å². The molecule has 3 rings (SSSR count). The van der Waals surface area contributed by atoms with E-state index in [1.165, 1.54) is 10.5 Å². The number of fused-ring (bicyclic) bond motifs is 3. The van der Waals surface area contributed by atoms with Gasteiger partial charge in [-0.15, -0.1) is 0 Å². The van der Waals surface area contributed by atoms with Crippen molar-refractivity contribution >= 4 is 11.8 Å².